The molecule has 1 aliphatic carbocycles. The molecule has 154 valence electrons. The first kappa shape index (κ1) is 20.2. The fourth-order valence-electron chi connectivity index (χ4n) is 3.60. The molecule has 1 heterocycles. The first-order valence-corrected chi connectivity index (χ1v) is 10.9. The molecule has 1 amide bonds. The number of benzene rings is 2. The predicted molar refractivity (Wildman–Crippen MR) is 118 cm³/mol. The summed E-state index contributed by atoms with van der Waals surface area (Å²) in [6.07, 6.45) is 3.90. The van der Waals surface area contributed by atoms with Gasteiger partial charge in [0.05, 0.1) is 17.7 Å². The van der Waals surface area contributed by atoms with Gasteiger partial charge in [-0.2, -0.15) is 0 Å². The van der Waals surface area contributed by atoms with Gasteiger partial charge in [-0.25, -0.2) is 4.79 Å². The van der Waals surface area contributed by atoms with E-state index in [0.717, 1.165) is 36.1 Å². The molecule has 0 atom stereocenters. The van der Waals surface area contributed by atoms with Crippen molar-refractivity contribution in [2.24, 2.45) is 0 Å². The van der Waals surface area contributed by atoms with Crippen molar-refractivity contribution in [1.29, 1.82) is 0 Å². The van der Waals surface area contributed by atoms with Crippen molar-refractivity contribution in [3.05, 3.63) is 76.2 Å². The van der Waals surface area contributed by atoms with Crippen molar-refractivity contribution < 1.29 is 19.1 Å². The SMILES string of the molecule is CCOC(=O)c1c(NC(=O)c2ccccc2Oc2ccccc2)sc2c1CCCC2. The lowest BCUT2D eigenvalue weighted by Crippen LogP contribution is -2.16. The lowest BCUT2D eigenvalue weighted by atomic mass is 9.95. The highest BCUT2D eigenvalue weighted by atomic mass is 32.1. The van der Waals surface area contributed by atoms with Gasteiger partial charge in [0.25, 0.3) is 5.91 Å². The van der Waals surface area contributed by atoms with Gasteiger partial charge >= 0.3 is 5.97 Å². The van der Waals surface area contributed by atoms with Crippen LogP contribution in [-0.2, 0) is 17.6 Å². The molecule has 2 aromatic carbocycles. The molecule has 5 nitrogen and oxygen atoms in total. The van der Waals surface area contributed by atoms with E-state index in [4.69, 9.17) is 9.47 Å². The quantitative estimate of drug-likeness (QED) is 0.507. The first-order chi connectivity index (χ1) is 14.7. The van der Waals surface area contributed by atoms with Crippen LogP contribution in [0.5, 0.6) is 11.5 Å². The summed E-state index contributed by atoms with van der Waals surface area (Å²) in [6, 6.07) is 16.4. The number of anilines is 1. The highest BCUT2D eigenvalue weighted by molar-refractivity contribution is 7.17. The third-order valence-electron chi connectivity index (χ3n) is 4.98. The van der Waals surface area contributed by atoms with Gasteiger partial charge in [0, 0.05) is 4.88 Å². The van der Waals surface area contributed by atoms with Crippen LogP contribution in [-0.4, -0.2) is 18.5 Å². The van der Waals surface area contributed by atoms with Crippen molar-refractivity contribution in [1.82, 2.24) is 0 Å². The zero-order valence-corrected chi connectivity index (χ0v) is 17.6. The van der Waals surface area contributed by atoms with E-state index in [-0.39, 0.29) is 11.9 Å². The van der Waals surface area contributed by atoms with E-state index in [1.165, 1.54) is 11.3 Å². The molecule has 0 bridgehead atoms. The minimum absolute atomic E-state index is 0.296. The number of rotatable bonds is 6. The predicted octanol–water partition coefficient (Wildman–Crippen LogP) is 5.85. The Bertz CT molecular complexity index is 1060. The number of amides is 1. The molecular formula is C24H23NO4S. The molecule has 0 unspecified atom stereocenters. The first-order valence-electron chi connectivity index (χ1n) is 10.1. The molecule has 1 aromatic heterocycles. The number of ether oxygens (including phenoxy) is 2. The number of aryl methyl sites for hydroxylation is 1. The molecule has 1 aliphatic rings. The second kappa shape index (κ2) is 9.13. The minimum atomic E-state index is -0.374. The van der Waals surface area contributed by atoms with E-state index in [2.05, 4.69) is 5.32 Å². The molecule has 0 aliphatic heterocycles. The van der Waals surface area contributed by atoms with E-state index < -0.39 is 0 Å². The van der Waals surface area contributed by atoms with Crippen LogP contribution in [0, 0.1) is 0 Å². The third-order valence-corrected chi connectivity index (χ3v) is 6.19. The molecule has 1 N–H and O–H groups in total. The van der Waals surface area contributed by atoms with E-state index in [0.29, 0.717) is 34.2 Å². The zero-order valence-electron chi connectivity index (χ0n) is 16.8. The second-order valence-electron chi connectivity index (χ2n) is 7.00. The number of fused-ring (bicyclic) bond motifs is 1. The maximum absolute atomic E-state index is 13.1. The van der Waals surface area contributed by atoms with Crippen LogP contribution < -0.4 is 10.1 Å². The smallest absolute Gasteiger partial charge is 0.341 e. The fourth-order valence-corrected chi connectivity index (χ4v) is 4.87. The van der Waals surface area contributed by atoms with Crippen LogP contribution in [0.2, 0.25) is 0 Å². The van der Waals surface area contributed by atoms with E-state index in [1.54, 1.807) is 25.1 Å². The van der Waals surface area contributed by atoms with Gasteiger partial charge in [-0.05, 0) is 62.4 Å². The van der Waals surface area contributed by atoms with Crippen LogP contribution in [0.4, 0.5) is 5.00 Å². The summed E-state index contributed by atoms with van der Waals surface area (Å²) in [6.45, 7) is 2.08. The Kier molecular flexibility index (Phi) is 6.14. The lowest BCUT2D eigenvalue weighted by molar-refractivity contribution is 0.0526. The third kappa shape index (κ3) is 4.24. The van der Waals surface area contributed by atoms with Gasteiger partial charge in [0.1, 0.15) is 16.5 Å². The van der Waals surface area contributed by atoms with E-state index in [9.17, 15) is 9.59 Å². The number of thiophene rings is 1. The number of hydrogen-bond donors (Lipinski definition) is 1. The minimum Gasteiger partial charge on any atom is -0.462 e. The Labute approximate surface area is 179 Å². The number of nitrogens with one attached hydrogen (secondary N) is 1. The van der Waals surface area contributed by atoms with Gasteiger partial charge in [-0.1, -0.05) is 30.3 Å². The van der Waals surface area contributed by atoms with Crippen molar-refractivity contribution in [3.63, 3.8) is 0 Å². The molecule has 0 radical (unpaired) electrons. The van der Waals surface area contributed by atoms with Crippen LogP contribution in [0.1, 0.15) is 50.9 Å². The summed E-state index contributed by atoms with van der Waals surface area (Å²) < 4.78 is 11.2. The maximum Gasteiger partial charge on any atom is 0.341 e. The molecule has 0 fully saturated rings. The Morgan fingerprint density at radius 1 is 1.00 bits per heavy atom. The van der Waals surface area contributed by atoms with E-state index in [1.807, 2.05) is 36.4 Å². The topological polar surface area (TPSA) is 64.6 Å². The maximum atomic E-state index is 13.1. The van der Waals surface area contributed by atoms with Gasteiger partial charge in [0.2, 0.25) is 0 Å². The molecule has 3 aromatic rings. The number of esters is 1. The molecule has 0 saturated heterocycles. The molecule has 4 rings (SSSR count). The number of carbonyl (C=O) groups excluding carboxylic acids is 2. The summed E-state index contributed by atoms with van der Waals surface area (Å²) in [5.41, 5.74) is 1.93. The van der Waals surface area contributed by atoms with Crippen molar-refractivity contribution >= 4 is 28.2 Å². The van der Waals surface area contributed by atoms with Gasteiger partial charge < -0.3 is 14.8 Å². The van der Waals surface area contributed by atoms with Gasteiger partial charge in [-0.3, -0.25) is 4.79 Å². The van der Waals surface area contributed by atoms with E-state index >= 15 is 0 Å². The second-order valence-corrected chi connectivity index (χ2v) is 8.11. The van der Waals surface area contributed by atoms with Crippen LogP contribution in [0.15, 0.2) is 54.6 Å². The Hall–Kier alpha value is -3.12. The highest BCUT2D eigenvalue weighted by Crippen LogP contribution is 2.39. The summed E-state index contributed by atoms with van der Waals surface area (Å²) in [5, 5.41) is 3.50. The van der Waals surface area contributed by atoms with Gasteiger partial charge in [-0.15, -0.1) is 11.3 Å². The Balaban J connectivity index is 1.63. The summed E-state index contributed by atoms with van der Waals surface area (Å²) in [5.74, 6) is 0.420. The number of carbonyl (C=O) groups is 2. The average Bonchev–Trinajstić information content (AvgIpc) is 3.13. The molecule has 30 heavy (non-hydrogen) atoms. The zero-order chi connectivity index (χ0) is 20.9. The molecular weight excluding hydrogens is 398 g/mol. The average molecular weight is 422 g/mol. The molecule has 0 saturated carbocycles. The number of para-hydroxylation sites is 2. The lowest BCUT2D eigenvalue weighted by Gasteiger charge is -2.13. The molecule has 0 spiro atoms. The standard InChI is InChI=1S/C24H23NO4S/c1-2-28-24(27)21-18-13-7-9-15-20(18)30-23(21)25-22(26)17-12-6-8-14-19(17)29-16-10-4-3-5-11-16/h3-6,8,10-12,14H,2,7,9,13,15H2,1H3,(H,25,26). The van der Waals surface area contributed by atoms with Crippen molar-refractivity contribution in [2.75, 3.05) is 11.9 Å². The Morgan fingerprint density at radius 3 is 2.53 bits per heavy atom. The van der Waals surface area contributed by atoms with Crippen molar-refractivity contribution in [2.45, 2.75) is 32.6 Å². The monoisotopic (exact) mass is 421 g/mol. The largest absolute Gasteiger partial charge is 0.462 e. The Morgan fingerprint density at radius 2 is 1.73 bits per heavy atom. The highest BCUT2D eigenvalue weighted by Gasteiger charge is 2.28. The van der Waals surface area contributed by atoms with Crippen LogP contribution >= 0.6 is 11.3 Å². The summed E-state index contributed by atoms with van der Waals surface area (Å²) in [4.78, 5) is 26.9. The van der Waals surface area contributed by atoms with Crippen LogP contribution in [0.25, 0.3) is 0 Å². The number of hydrogen-bond acceptors (Lipinski definition) is 5. The van der Waals surface area contributed by atoms with Gasteiger partial charge in [0.15, 0.2) is 0 Å². The summed E-state index contributed by atoms with van der Waals surface area (Å²) in [7, 11) is 0. The summed E-state index contributed by atoms with van der Waals surface area (Å²) >= 11 is 1.48. The van der Waals surface area contributed by atoms with Crippen molar-refractivity contribution in [3.8, 4) is 11.5 Å². The van der Waals surface area contributed by atoms with Crippen LogP contribution in [0.3, 0.4) is 0 Å². The molecule has 6 heteroatoms. The normalized spacial score (nSPS) is 12.7. The fraction of sp³-hybridized carbons (Fsp3) is 0.250.